The number of nitro benzene ring substituents is 2. The third-order valence-electron chi connectivity index (χ3n) is 6.81. The second-order valence-corrected chi connectivity index (χ2v) is 11.5. The van der Waals surface area contributed by atoms with Gasteiger partial charge in [-0.2, -0.15) is 0 Å². The average Bonchev–Trinajstić information content (AvgIpc) is 3.31. The molecule has 0 fully saturated rings. The first kappa shape index (κ1) is 32.2. The normalized spacial score (nSPS) is 14.4. The predicted molar refractivity (Wildman–Crippen MR) is 167 cm³/mol. The number of esters is 1. The van der Waals surface area contributed by atoms with Crippen LogP contribution in [0.5, 0.6) is 17.2 Å². The molecule has 0 spiro atoms. The molecule has 1 aliphatic heterocycles. The van der Waals surface area contributed by atoms with E-state index in [0.29, 0.717) is 26.1 Å². The maximum absolute atomic E-state index is 13.9. The van der Waals surface area contributed by atoms with E-state index >= 15 is 0 Å². The van der Waals surface area contributed by atoms with Gasteiger partial charge >= 0.3 is 11.7 Å². The Kier molecular flexibility index (Phi) is 9.11. The van der Waals surface area contributed by atoms with E-state index in [1.54, 1.807) is 26.0 Å². The van der Waals surface area contributed by atoms with Gasteiger partial charge in [0.1, 0.15) is 5.82 Å². The lowest BCUT2D eigenvalue weighted by Crippen LogP contribution is -2.39. The van der Waals surface area contributed by atoms with Gasteiger partial charge in [0, 0.05) is 6.07 Å². The zero-order valence-electron chi connectivity index (χ0n) is 24.2. The van der Waals surface area contributed by atoms with Gasteiger partial charge in [-0.1, -0.05) is 23.5 Å². The van der Waals surface area contributed by atoms with Crippen molar-refractivity contribution in [1.82, 2.24) is 4.57 Å². The molecule has 0 saturated heterocycles. The number of carbonyl (C=O) groups is 1. The average molecular weight is 713 g/mol. The van der Waals surface area contributed by atoms with Crippen molar-refractivity contribution < 1.29 is 33.2 Å². The molecule has 0 unspecified atom stereocenters. The molecule has 0 radical (unpaired) electrons. The number of hydrogen-bond acceptors (Lipinski definition) is 11. The molecule has 236 valence electrons. The van der Waals surface area contributed by atoms with Gasteiger partial charge in [0.2, 0.25) is 5.75 Å². The van der Waals surface area contributed by atoms with Gasteiger partial charge in [0.05, 0.1) is 55.9 Å². The number of halogens is 2. The molecule has 46 heavy (non-hydrogen) atoms. The van der Waals surface area contributed by atoms with Crippen molar-refractivity contribution in [3.05, 3.63) is 127 Å². The van der Waals surface area contributed by atoms with Crippen LogP contribution in [0.15, 0.2) is 80.1 Å². The maximum Gasteiger partial charge on any atom is 0.338 e. The van der Waals surface area contributed by atoms with Crippen LogP contribution in [0.2, 0.25) is 0 Å². The summed E-state index contributed by atoms with van der Waals surface area (Å²) in [5.74, 6) is -1.21. The molecular weight excluding hydrogens is 691 g/mol. The molecule has 0 saturated carbocycles. The molecule has 5 rings (SSSR count). The summed E-state index contributed by atoms with van der Waals surface area (Å²) in [5.41, 5.74) is -0.110. The first-order chi connectivity index (χ1) is 21.9. The van der Waals surface area contributed by atoms with Crippen molar-refractivity contribution in [2.75, 3.05) is 13.7 Å². The number of benzene rings is 3. The van der Waals surface area contributed by atoms with Crippen LogP contribution in [0.25, 0.3) is 6.08 Å². The quantitative estimate of drug-likeness (QED) is 0.127. The standard InChI is InChI=1S/C30H22BrFN4O9S/c1-4-44-29(38)25-15(2)33-30-34(26(25)17-5-7-18(32)8-6-17)28(37)24(46-30)13-16-11-20(31)27(23(12-16)43-3)45-22-10-9-19(35(39)40)14-21(22)36(41)42/h5-14,26H,4H2,1-3H3/b24-13-/t26-/m1/s1. The van der Waals surface area contributed by atoms with Gasteiger partial charge in [-0.3, -0.25) is 29.6 Å². The number of non-ortho nitro benzene ring substituents is 1. The molecule has 1 aromatic heterocycles. The number of nitrogens with zero attached hydrogens (tertiary/aromatic N) is 4. The predicted octanol–water partition coefficient (Wildman–Crippen LogP) is 5.32. The third-order valence-corrected chi connectivity index (χ3v) is 8.39. The largest absolute Gasteiger partial charge is 0.493 e. The molecule has 13 nitrogen and oxygen atoms in total. The number of thiazole rings is 1. The fourth-order valence-corrected chi connectivity index (χ4v) is 6.37. The Balaban J connectivity index is 1.60. The summed E-state index contributed by atoms with van der Waals surface area (Å²) in [6, 6.07) is 10.6. The lowest BCUT2D eigenvalue weighted by Gasteiger charge is -2.24. The van der Waals surface area contributed by atoms with E-state index in [1.165, 1.54) is 42.0 Å². The minimum Gasteiger partial charge on any atom is -0.493 e. The first-order valence-electron chi connectivity index (χ1n) is 13.4. The summed E-state index contributed by atoms with van der Waals surface area (Å²) in [5, 5.41) is 22.7. The highest BCUT2D eigenvalue weighted by Crippen LogP contribution is 2.43. The fourth-order valence-electron chi connectivity index (χ4n) is 4.78. The number of ether oxygens (including phenoxy) is 3. The van der Waals surface area contributed by atoms with Gasteiger partial charge in [-0.25, -0.2) is 14.2 Å². The summed E-state index contributed by atoms with van der Waals surface area (Å²) in [6.45, 7) is 3.39. The summed E-state index contributed by atoms with van der Waals surface area (Å²) in [6.07, 6.45) is 1.57. The maximum atomic E-state index is 13.9. The molecule has 3 aromatic carbocycles. The number of aromatic nitrogens is 1. The van der Waals surface area contributed by atoms with E-state index in [9.17, 15) is 34.2 Å². The molecule has 0 N–H and O–H groups in total. The Hall–Kier alpha value is -5.22. The fraction of sp³-hybridized carbons (Fsp3) is 0.167. The second kappa shape index (κ2) is 13.0. The number of rotatable bonds is 9. The zero-order chi connectivity index (χ0) is 33.3. The van der Waals surface area contributed by atoms with E-state index < -0.39 is 44.6 Å². The first-order valence-corrected chi connectivity index (χ1v) is 15.0. The summed E-state index contributed by atoms with van der Waals surface area (Å²) < 4.78 is 32.2. The Morgan fingerprint density at radius 2 is 1.83 bits per heavy atom. The van der Waals surface area contributed by atoms with Crippen LogP contribution in [0, 0.1) is 26.0 Å². The lowest BCUT2D eigenvalue weighted by atomic mass is 9.96. The van der Waals surface area contributed by atoms with Gasteiger partial charge < -0.3 is 14.2 Å². The van der Waals surface area contributed by atoms with E-state index in [2.05, 4.69) is 20.9 Å². The molecule has 0 aliphatic carbocycles. The lowest BCUT2D eigenvalue weighted by molar-refractivity contribution is -0.394. The van der Waals surface area contributed by atoms with Gasteiger partial charge in [-0.15, -0.1) is 0 Å². The van der Waals surface area contributed by atoms with Crippen LogP contribution in [-0.4, -0.2) is 34.1 Å². The van der Waals surface area contributed by atoms with Crippen LogP contribution >= 0.6 is 27.3 Å². The monoisotopic (exact) mass is 712 g/mol. The Labute approximate surface area is 270 Å². The molecular formula is C30H22BrFN4O9S. The molecule has 1 aliphatic rings. The molecule has 2 heterocycles. The van der Waals surface area contributed by atoms with Crippen LogP contribution < -0.4 is 24.4 Å². The van der Waals surface area contributed by atoms with Crippen molar-refractivity contribution >= 4 is 50.7 Å². The summed E-state index contributed by atoms with van der Waals surface area (Å²) in [4.78, 5) is 52.9. The molecule has 1 atom stereocenters. The van der Waals surface area contributed by atoms with E-state index in [0.717, 1.165) is 29.5 Å². The zero-order valence-corrected chi connectivity index (χ0v) is 26.6. The highest BCUT2D eigenvalue weighted by Gasteiger charge is 2.33. The number of methoxy groups -OCH3 is 1. The van der Waals surface area contributed by atoms with Crippen LogP contribution in [-0.2, 0) is 9.53 Å². The minimum atomic E-state index is -0.924. The summed E-state index contributed by atoms with van der Waals surface area (Å²) >= 11 is 4.46. The summed E-state index contributed by atoms with van der Waals surface area (Å²) in [7, 11) is 1.35. The minimum absolute atomic E-state index is 0.0454. The Morgan fingerprint density at radius 1 is 1.11 bits per heavy atom. The third kappa shape index (κ3) is 6.16. The molecule has 4 aromatic rings. The highest BCUT2D eigenvalue weighted by atomic mass is 79.9. The Morgan fingerprint density at radius 3 is 2.46 bits per heavy atom. The highest BCUT2D eigenvalue weighted by molar-refractivity contribution is 9.10. The van der Waals surface area contributed by atoms with Crippen LogP contribution in [0.3, 0.4) is 0 Å². The molecule has 0 bridgehead atoms. The van der Waals surface area contributed by atoms with Crippen molar-refractivity contribution in [3.63, 3.8) is 0 Å². The van der Waals surface area contributed by atoms with Gasteiger partial charge in [-0.05, 0) is 77.3 Å². The van der Waals surface area contributed by atoms with Crippen LogP contribution in [0.4, 0.5) is 15.8 Å². The Bertz CT molecular complexity index is 2130. The van der Waals surface area contributed by atoms with Crippen LogP contribution in [0.1, 0.15) is 31.0 Å². The van der Waals surface area contributed by atoms with Crippen molar-refractivity contribution in [1.29, 1.82) is 0 Å². The van der Waals surface area contributed by atoms with Crippen molar-refractivity contribution in [2.24, 2.45) is 4.99 Å². The van der Waals surface area contributed by atoms with Gasteiger partial charge in [0.25, 0.3) is 11.2 Å². The number of fused-ring (bicyclic) bond motifs is 1. The van der Waals surface area contributed by atoms with E-state index in [-0.39, 0.29) is 34.0 Å². The topological polar surface area (TPSA) is 165 Å². The van der Waals surface area contributed by atoms with E-state index in [4.69, 9.17) is 14.2 Å². The number of hydrogen-bond donors (Lipinski definition) is 0. The molecule has 16 heteroatoms. The SMILES string of the molecule is CCOC(=O)C1=C(C)N=c2s/c(=C\c3cc(Br)c(Oc4ccc([N+](=O)[O-])cc4[N+](=O)[O-])c(OC)c3)c(=O)n2[C@@H]1c1ccc(F)cc1. The number of carbonyl (C=O) groups excluding carboxylic acids is 1. The molecule has 0 amide bonds. The number of nitro groups is 2. The second-order valence-electron chi connectivity index (χ2n) is 9.66. The van der Waals surface area contributed by atoms with E-state index in [1.807, 2.05) is 0 Å². The van der Waals surface area contributed by atoms with Crippen molar-refractivity contribution in [3.8, 4) is 17.2 Å². The smallest absolute Gasteiger partial charge is 0.338 e. The van der Waals surface area contributed by atoms with Crippen molar-refractivity contribution in [2.45, 2.75) is 19.9 Å². The van der Waals surface area contributed by atoms with Gasteiger partial charge in [0.15, 0.2) is 16.3 Å². The number of allylic oxidation sites excluding steroid dienone is 1.